The molecule has 0 aliphatic carbocycles. The van der Waals surface area contributed by atoms with Crippen LogP contribution in [0.2, 0.25) is 0 Å². The van der Waals surface area contributed by atoms with Crippen LogP contribution >= 0.6 is 0 Å². The third kappa shape index (κ3) is 2.45. The van der Waals surface area contributed by atoms with Crippen molar-refractivity contribution in [3.63, 3.8) is 0 Å². The molecule has 0 saturated heterocycles. The minimum absolute atomic E-state index is 0.580. The van der Waals surface area contributed by atoms with Crippen molar-refractivity contribution in [2.45, 2.75) is 13.3 Å². The van der Waals surface area contributed by atoms with Gasteiger partial charge in [0.1, 0.15) is 11.6 Å². The zero-order valence-electron chi connectivity index (χ0n) is 11.4. The highest BCUT2D eigenvalue weighted by Crippen LogP contribution is 2.16. The van der Waals surface area contributed by atoms with E-state index in [2.05, 4.69) is 15.5 Å². The highest BCUT2D eigenvalue weighted by molar-refractivity contribution is 5.52. The summed E-state index contributed by atoms with van der Waals surface area (Å²) in [5, 5.41) is 0. The number of benzene rings is 1. The van der Waals surface area contributed by atoms with Crippen LogP contribution in [0.3, 0.4) is 0 Å². The van der Waals surface area contributed by atoms with Gasteiger partial charge in [-0.1, -0.05) is 12.1 Å². The largest absolute Gasteiger partial charge is 0.493 e. The maximum atomic E-state index is 5.72. The van der Waals surface area contributed by atoms with E-state index in [1.165, 1.54) is 0 Å². The van der Waals surface area contributed by atoms with Gasteiger partial charge in [0.25, 0.3) is 0 Å². The molecule has 0 saturated carbocycles. The maximum Gasteiger partial charge on any atom is 0.121 e. The van der Waals surface area contributed by atoms with Crippen molar-refractivity contribution in [2.75, 3.05) is 12.3 Å². The highest BCUT2D eigenvalue weighted by atomic mass is 16.5. The SMILES string of the molecule is Cc1nc(CCOc2cccc(N)c2)n2ccccc12. The summed E-state index contributed by atoms with van der Waals surface area (Å²) >= 11 is 0. The zero-order valence-corrected chi connectivity index (χ0v) is 11.4. The second-order valence-electron chi connectivity index (χ2n) is 4.74. The minimum Gasteiger partial charge on any atom is -0.493 e. The molecule has 1 aromatic carbocycles. The van der Waals surface area contributed by atoms with Gasteiger partial charge >= 0.3 is 0 Å². The molecule has 0 aliphatic heterocycles. The molecule has 20 heavy (non-hydrogen) atoms. The van der Waals surface area contributed by atoms with E-state index < -0.39 is 0 Å². The maximum absolute atomic E-state index is 5.72. The lowest BCUT2D eigenvalue weighted by atomic mass is 10.3. The number of aryl methyl sites for hydroxylation is 1. The topological polar surface area (TPSA) is 52.5 Å². The predicted octanol–water partition coefficient (Wildman–Crippen LogP) is 2.85. The van der Waals surface area contributed by atoms with Gasteiger partial charge in [0.2, 0.25) is 0 Å². The summed E-state index contributed by atoms with van der Waals surface area (Å²) < 4.78 is 7.82. The number of nitrogens with two attached hydrogens (primary N) is 1. The number of aromatic nitrogens is 2. The first-order valence-electron chi connectivity index (χ1n) is 6.65. The monoisotopic (exact) mass is 267 g/mol. The molecule has 0 spiro atoms. The fourth-order valence-electron chi connectivity index (χ4n) is 2.31. The van der Waals surface area contributed by atoms with E-state index in [1.807, 2.05) is 49.5 Å². The van der Waals surface area contributed by atoms with Crippen molar-refractivity contribution in [3.05, 3.63) is 60.2 Å². The van der Waals surface area contributed by atoms with E-state index >= 15 is 0 Å². The fraction of sp³-hybridized carbons (Fsp3) is 0.188. The minimum atomic E-state index is 0.580. The Bertz CT molecular complexity index is 733. The molecule has 0 fully saturated rings. The number of nitrogen functional groups attached to an aromatic ring is 1. The van der Waals surface area contributed by atoms with Crippen molar-refractivity contribution in [1.29, 1.82) is 0 Å². The molecule has 4 nitrogen and oxygen atoms in total. The number of hydrogen-bond acceptors (Lipinski definition) is 3. The Morgan fingerprint density at radius 1 is 1.20 bits per heavy atom. The fourth-order valence-corrected chi connectivity index (χ4v) is 2.31. The van der Waals surface area contributed by atoms with Crippen molar-refractivity contribution in [1.82, 2.24) is 9.38 Å². The van der Waals surface area contributed by atoms with Gasteiger partial charge in [-0.3, -0.25) is 0 Å². The Balaban J connectivity index is 1.71. The molecule has 0 atom stereocenters. The number of imidazole rings is 1. The highest BCUT2D eigenvalue weighted by Gasteiger charge is 2.07. The van der Waals surface area contributed by atoms with E-state index in [9.17, 15) is 0 Å². The number of anilines is 1. The first-order valence-corrected chi connectivity index (χ1v) is 6.65. The smallest absolute Gasteiger partial charge is 0.121 e. The van der Waals surface area contributed by atoms with Crippen LogP contribution < -0.4 is 10.5 Å². The molecular formula is C16H17N3O. The van der Waals surface area contributed by atoms with Crippen molar-refractivity contribution >= 4 is 11.2 Å². The Kier molecular flexibility index (Phi) is 3.29. The number of ether oxygens (including phenoxy) is 1. The molecule has 0 bridgehead atoms. The lowest BCUT2D eigenvalue weighted by Gasteiger charge is -2.06. The van der Waals surface area contributed by atoms with Crippen molar-refractivity contribution in [3.8, 4) is 5.75 Å². The van der Waals surface area contributed by atoms with E-state index in [1.54, 1.807) is 0 Å². The van der Waals surface area contributed by atoms with Crippen LogP contribution in [0.5, 0.6) is 5.75 Å². The number of fused-ring (bicyclic) bond motifs is 1. The van der Waals surface area contributed by atoms with Gasteiger partial charge in [0.05, 0.1) is 17.8 Å². The first-order chi connectivity index (χ1) is 9.74. The summed E-state index contributed by atoms with van der Waals surface area (Å²) in [6.07, 6.45) is 2.79. The number of pyridine rings is 1. The van der Waals surface area contributed by atoms with Gasteiger partial charge in [-0.15, -0.1) is 0 Å². The molecule has 102 valence electrons. The van der Waals surface area contributed by atoms with E-state index in [-0.39, 0.29) is 0 Å². The summed E-state index contributed by atoms with van der Waals surface area (Å²) in [4.78, 5) is 4.60. The summed E-state index contributed by atoms with van der Waals surface area (Å²) in [5.41, 5.74) is 8.63. The zero-order chi connectivity index (χ0) is 13.9. The van der Waals surface area contributed by atoms with E-state index in [0.717, 1.165) is 29.2 Å². The molecule has 3 aromatic rings. The number of rotatable bonds is 4. The molecule has 2 N–H and O–H groups in total. The second-order valence-corrected chi connectivity index (χ2v) is 4.74. The van der Waals surface area contributed by atoms with Gasteiger partial charge in [0, 0.05) is 24.4 Å². The molecule has 3 rings (SSSR count). The Morgan fingerprint density at radius 2 is 2.10 bits per heavy atom. The van der Waals surface area contributed by atoms with Crippen LogP contribution in [0, 0.1) is 6.92 Å². The first kappa shape index (κ1) is 12.5. The van der Waals surface area contributed by atoms with Gasteiger partial charge in [-0.2, -0.15) is 0 Å². The molecular weight excluding hydrogens is 250 g/mol. The van der Waals surface area contributed by atoms with Crippen molar-refractivity contribution in [2.24, 2.45) is 0 Å². The standard InChI is InChI=1S/C16H17N3O/c1-12-15-7-2-3-9-19(15)16(18-12)8-10-20-14-6-4-5-13(17)11-14/h2-7,9,11H,8,10,17H2,1H3. The molecule has 2 aromatic heterocycles. The van der Waals surface area contributed by atoms with Crippen LogP contribution in [-0.4, -0.2) is 16.0 Å². The third-order valence-corrected chi connectivity index (χ3v) is 3.26. The summed E-state index contributed by atoms with van der Waals surface area (Å²) in [6, 6.07) is 13.6. The molecule has 0 radical (unpaired) electrons. The molecule has 0 unspecified atom stereocenters. The van der Waals surface area contributed by atoms with Gasteiger partial charge in [0.15, 0.2) is 0 Å². The molecule has 0 aliphatic rings. The van der Waals surface area contributed by atoms with Crippen molar-refractivity contribution < 1.29 is 4.74 Å². The van der Waals surface area contributed by atoms with Crippen LogP contribution in [-0.2, 0) is 6.42 Å². The van der Waals surface area contributed by atoms with Crippen LogP contribution in [0.1, 0.15) is 11.5 Å². The van der Waals surface area contributed by atoms with Crippen LogP contribution in [0.15, 0.2) is 48.7 Å². The van der Waals surface area contributed by atoms with Crippen LogP contribution in [0.25, 0.3) is 5.52 Å². The normalized spacial score (nSPS) is 10.8. The Morgan fingerprint density at radius 3 is 2.95 bits per heavy atom. The predicted molar refractivity (Wildman–Crippen MR) is 80.0 cm³/mol. The van der Waals surface area contributed by atoms with Gasteiger partial charge in [-0.25, -0.2) is 4.98 Å². The van der Waals surface area contributed by atoms with E-state index in [0.29, 0.717) is 12.3 Å². The second kappa shape index (κ2) is 5.25. The summed E-state index contributed by atoms with van der Waals surface area (Å²) in [5.74, 6) is 1.81. The van der Waals surface area contributed by atoms with Gasteiger partial charge < -0.3 is 14.9 Å². The van der Waals surface area contributed by atoms with Gasteiger partial charge in [-0.05, 0) is 31.2 Å². The average molecular weight is 267 g/mol. The lowest BCUT2D eigenvalue weighted by molar-refractivity contribution is 0.319. The molecule has 4 heteroatoms. The number of hydrogen-bond donors (Lipinski definition) is 1. The summed E-state index contributed by atoms with van der Waals surface area (Å²) in [6.45, 7) is 2.61. The number of nitrogens with zero attached hydrogens (tertiary/aromatic N) is 2. The van der Waals surface area contributed by atoms with Crippen LogP contribution in [0.4, 0.5) is 5.69 Å². The average Bonchev–Trinajstić information content (AvgIpc) is 2.77. The molecule has 2 heterocycles. The summed E-state index contributed by atoms with van der Waals surface area (Å²) in [7, 11) is 0. The Labute approximate surface area is 117 Å². The van der Waals surface area contributed by atoms with E-state index in [4.69, 9.17) is 10.5 Å². The lowest BCUT2D eigenvalue weighted by Crippen LogP contribution is -2.05. The Hall–Kier alpha value is -2.49. The molecule has 0 amide bonds. The quantitative estimate of drug-likeness (QED) is 0.739. The third-order valence-electron chi connectivity index (χ3n) is 3.26.